The Kier molecular flexibility index (Phi) is 7.57. The summed E-state index contributed by atoms with van der Waals surface area (Å²) in [6.45, 7) is 2.48. The summed E-state index contributed by atoms with van der Waals surface area (Å²) in [4.78, 5) is 33.5. The molecule has 36 heavy (non-hydrogen) atoms. The number of nitrogens with one attached hydrogen (secondary N) is 1. The number of hydrogen-bond acceptors (Lipinski definition) is 6. The van der Waals surface area contributed by atoms with E-state index in [0.717, 1.165) is 41.8 Å². The van der Waals surface area contributed by atoms with Crippen LogP contribution in [0.1, 0.15) is 30.2 Å². The fraction of sp³-hybridized carbons (Fsp3) is 0.269. The third-order valence-electron chi connectivity index (χ3n) is 5.92. The molecule has 186 valence electrons. The predicted octanol–water partition coefficient (Wildman–Crippen LogP) is 6.76. The Balaban J connectivity index is 1.52. The van der Waals surface area contributed by atoms with Gasteiger partial charge in [0.25, 0.3) is 5.56 Å². The highest BCUT2D eigenvalue weighted by molar-refractivity contribution is 7.99. The van der Waals surface area contributed by atoms with E-state index in [9.17, 15) is 9.59 Å². The maximum atomic E-state index is 13.9. The van der Waals surface area contributed by atoms with Crippen LogP contribution < -0.4 is 15.6 Å². The largest absolute Gasteiger partial charge is 0.494 e. The van der Waals surface area contributed by atoms with Crippen molar-refractivity contribution < 1.29 is 9.53 Å². The number of carbonyl (C=O) groups excluding carboxylic acids is 1. The van der Waals surface area contributed by atoms with Crippen molar-refractivity contribution >= 4 is 68.1 Å². The molecule has 4 aromatic rings. The van der Waals surface area contributed by atoms with Gasteiger partial charge < -0.3 is 10.1 Å². The molecular weight excluding hydrogens is 537 g/mol. The molecule has 0 saturated heterocycles. The molecular formula is C26H23Cl2N3O3S2. The number of thiophene rings is 1. The number of aryl methyl sites for hydroxylation is 2. The van der Waals surface area contributed by atoms with Gasteiger partial charge in [-0.3, -0.25) is 14.2 Å². The SMILES string of the molecule is CCOc1ccc(-n2c(SCC(=O)Nc3c(Cl)cccc3Cl)nc3sc4c(c3c2=O)CCCC4)cc1. The minimum atomic E-state index is -0.298. The molecule has 0 bridgehead atoms. The minimum absolute atomic E-state index is 0.0294. The molecule has 10 heteroatoms. The number of ether oxygens (including phenoxy) is 1. The molecule has 1 aliphatic carbocycles. The number of thioether (sulfide) groups is 1. The van der Waals surface area contributed by atoms with Gasteiger partial charge in [-0.1, -0.05) is 41.0 Å². The highest BCUT2D eigenvalue weighted by Gasteiger charge is 2.23. The van der Waals surface area contributed by atoms with Crippen LogP contribution in [-0.2, 0) is 17.6 Å². The third kappa shape index (κ3) is 5.00. The van der Waals surface area contributed by atoms with E-state index in [1.54, 1.807) is 34.1 Å². The number of amides is 1. The van der Waals surface area contributed by atoms with Gasteiger partial charge in [0.05, 0.1) is 39.2 Å². The van der Waals surface area contributed by atoms with Crippen LogP contribution >= 0.6 is 46.3 Å². The van der Waals surface area contributed by atoms with Crippen LogP contribution in [0.25, 0.3) is 15.9 Å². The number of aromatic nitrogens is 2. The van der Waals surface area contributed by atoms with E-state index in [1.165, 1.54) is 16.6 Å². The van der Waals surface area contributed by atoms with Gasteiger partial charge in [-0.05, 0) is 74.6 Å². The van der Waals surface area contributed by atoms with Crippen molar-refractivity contribution in [1.29, 1.82) is 0 Å². The molecule has 2 aromatic heterocycles. The molecule has 5 rings (SSSR count). The fourth-order valence-corrected chi connectivity index (χ4v) is 6.90. The number of hydrogen-bond donors (Lipinski definition) is 1. The van der Waals surface area contributed by atoms with Crippen LogP contribution in [0.15, 0.2) is 52.4 Å². The van der Waals surface area contributed by atoms with E-state index in [-0.39, 0.29) is 17.2 Å². The molecule has 0 spiro atoms. The number of anilines is 1. The Bertz CT molecular complexity index is 1480. The van der Waals surface area contributed by atoms with Gasteiger partial charge in [-0.2, -0.15) is 0 Å². The Hall–Kier alpha value is -2.52. The monoisotopic (exact) mass is 559 g/mol. The minimum Gasteiger partial charge on any atom is -0.494 e. The summed E-state index contributed by atoms with van der Waals surface area (Å²) in [5.41, 5.74) is 2.05. The van der Waals surface area contributed by atoms with Crippen LogP contribution in [0, 0.1) is 0 Å². The molecule has 0 aliphatic heterocycles. The molecule has 0 atom stereocenters. The summed E-state index contributed by atoms with van der Waals surface area (Å²) in [6, 6.07) is 12.4. The summed E-state index contributed by atoms with van der Waals surface area (Å²) in [6.07, 6.45) is 4.06. The van der Waals surface area contributed by atoms with Crippen LogP contribution in [0.5, 0.6) is 5.75 Å². The van der Waals surface area contributed by atoms with Crippen molar-refractivity contribution in [3.8, 4) is 11.4 Å². The van der Waals surface area contributed by atoms with E-state index < -0.39 is 0 Å². The third-order valence-corrected chi connectivity index (χ3v) is 8.68. The first kappa shape index (κ1) is 25.1. The van der Waals surface area contributed by atoms with E-state index >= 15 is 0 Å². The topological polar surface area (TPSA) is 73.2 Å². The number of carbonyl (C=O) groups is 1. The van der Waals surface area contributed by atoms with Crippen LogP contribution in [-0.4, -0.2) is 27.8 Å². The molecule has 1 N–H and O–H groups in total. The average Bonchev–Trinajstić information content (AvgIpc) is 3.25. The number of rotatable bonds is 7. The molecule has 6 nitrogen and oxygen atoms in total. The Labute approximate surface area is 226 Å². The van der Waals surface area contributed by atoms with Gasteiger partial charge in [-0.25, -0.2) is 4.98 Å². The summed E-state index contributed by atoms with van der Waals surface area (Å²) in [5, 5.41) is 4.63. The van der Waals surface area contributed by atoms with E-state index in [0.29, 0.717) is 38.6 Å². The van der Waals surface area contributed by atoms with E-state index in [2.05, 4.69) is 5.32 Å². The lowest BCUT2D eigenvalue weighted by Gasteiger charge is -2.14. The molecule has 0 saturated carbocycles. The number of benzene rings is 2. The molecule has 1 amide bonds. The fourth-order valence-electron chi connectivity index (χ4n) is 4.29. The van der Waals surface area contributed by atoms with Gasteiger partial charge in [0.1, 0.15) is 10.6 Å². The lowest BCUT2D eigenvalue weighted by molar-refractivity contribution is -0.113. The zero-order valence-electron chi connectivity index (χ0n) is 19.5. The number of nitrogens with zero attached hydrogens (tertiary/aromatic N) is 2. The van der Waals surface area contributed by atoms with Crippen molar-refractivity contribution in [2.75, 3.05) is 17.7 Å². The van der Waals surface area contributed by atoms with E-state index in [1.807, 2.05) is 31.2 Å². The van der Waals surface area contributed by atoms with Crippen molar-refractivity contribution in [3.05, 3.63) is 73.3 Å². The predicted molar refractivity (Wildman–Crippen MR) is 149 cm³/mol. The highest BCUT2D eigenvalue weighted by atomic mass is 35.5. The highest BCUT2D eigenvalue weighted by Crippen LogP contribution is 2.35. The Morgan fingerprint density at radius 3 is 2.58 bits per heavy atom. The zero-order valence-corrected chi connectivity index (χ0v) is 22.6. The van der Waals surface area contributed by atoms with Gasteiger partial charge >= 0.3 is 0 Å². The van der Waals surface area contributed by atoms with Gasteiger partial charge in [0.15, 0.2) is 5.16 Å². The first-order chi connectivity index (χ1) is 17.5. The Morgan fingerprint density at radius 1 is 1.14 bits per heavy atom. The lowest BCUT2D eigenvalue weighted by atomic mass is 9.97. The van der Waals surface area contributed by atoms with E-state index in [4.69, 9.17) is 32.9 Å². The molecule has 0 unspecified atom stereocenters. The smallest absolute Gasteiger partial charge is 0.267 e. The maximum Gasteiger partial charge on any atom is 0.267 e. The van der Waals surface area contributed by atoms with Crippen LogP contribution in [0.4, 0.5) is 5.69 Å². The average molecular weight is 561 g/mol. The van der Waals surface area contributed by atoms with Gasteiger partial charge in [0, 0.05) is 4.88 Å². The van der Waals surface area contributed by atoms with Gasteiger partial charge in [-0.15, -0.1) is 11.3 Å². The summed E-state index contributed by atoms with van der Waals surface area (Å²) >= 11 is 15.2. The molecule has 0 fully saturated rings. The second-order valence-corrected chi connectivity index (χ2v) is 11.1. The molecule has 1 aliphatic rings. The first-order valence-corrected chi connectivity index (χ1v) is 14.2. The molecule has 2 heterocycles. The normalized spacial score (nSPS) is 13.0. The molecule has 0 radical (unpaired) electrons. The van der Waals surface area contributed by atoms with Crippen molar-refractivity contribution in [2.24, 2.45) is 0 Å². The quantitative estimate of drug-likeness (QED) is 0.200. The van der Waals surface area contributed by atoms with Crippen molar-refractivity contribution in [3.63, 3.8) is 0 Å². The second kappa shape index (κ2) is 10.8. The zero-order chi connectivity index (χ0) is 25.2. The first-order valence-electron chi connectivity index (χ1n) is 11.6. The van der Waals surface area contributed by atoms with Crippen molar-refractivity contribution in [2.45, 2.75) is 37.8 Å². The number of para-hydroxylation sites is 1. The number of halogens is 2. The summed E-state index contributed by atoms with van der Waals surface area (Å²) < 4.78 is 7.16. The summed E-state index contributed by atoms with van der Waals surface area (Å²) in [5.74, 6) is 0.455. The second-order valence-electron chi connectivity index (χ2n) is 8.29. The summed E-state index contributed by atoms with van der Waals surface area (Å²) in [7, 11) is 0. The van der Waals surface area contributed by atoms with Crippen LogP contribution in [0.3, 0.4) is 0 Å². The number of fused-ring (bicyclic) bond motifs is 3. The van der Waals surface area contributed by atoms with Crippen molar-refractivity contribution in [1.82, 2.24) is 9.55 Å². The lowest BCUT2D eigenvalue weighted by Crippen LogP contribution is -2.23. The van der Waals surface area contributed by atoms with Crippen LogP contribution in [0.2, 0.25) is 10.0 Å². The maximum absolute atomic E-state index is 13.9. The van der Waals surface area contributed by atoms with Gasteiger partial charge in [0.2, 0.25) is 5.91 Å². The standard InChI is InChI=1S/C26H23Cl2N3O3S2/c1-2-34-16-12-10-15(11-13-16)31-25(33)22-17-6-3-4-9-20(17)36-24(22)30-26(31)35-14-21(32)29-23-18(27)7-5-8-19(23)28/h5,7-8,10-13H,2-4,6,9,14H2,1H3,(H,29,32). The molecule has 2 aromatic carbocycles. The Morgan fingerprint density at radius 2 is 1.86 bits per heavy atom.